The Balaban J connectivity index is 1.74. The van der Waals surface area contributed by atoms with Gasteiger partial charge in [0.2, 0.25) is 0 Å². The minimum Gasteiger partial charge on any atom is -0.478 e. The van der Waals surface area contributed by atoms with Crippen molar-refractivity contribution < 1.29 is 18.7 Å². The minimum absolute atomic E-state index is 0.248. The molecule has 0 bridgehead atoms. The molecule has 1 N–H and O–H groups in total. The second-order valence-corrected chi connectivity index (χ2v) is 4.83. The number of carboxylic acids is 1. The first-order valence-electron chi connectivity index (χ1n) is 6.29. The molecule has 0 radical (unpaired) electrons. The van der Waals surface area contributed by atoms with Crippen LogP contribution in [0.2, 0.25) is 0 Å². The largest absolute Gasteiger partial charge is 0.478 e. The third-order valence-electron chi connectivity index (χ3n) is 3.35. The first kappa shape index (κ1) is 12.0. The van der Waals surface area contributed by atoms with Crippen molar-refractivity contribution in [2.75, 3.05) is 0 Å². The average Bonchev–Trinajstić information content (AvgIpc) is 2.90. The standard InChI is InChI=1S/C14H15NO4/c16-14(17)12-4-6-19-13(12)8-15(11-1-2-11)7-10-3-5-18-9-10/h3-6,9,11H,1-2,7-8H2,(H,16,17). The van der Waals surface area contributed by atoms with Crippen LogP contribution in [0, 0.1) is 0 Å². The summed E-state index contributed by atoms with van der Waals surface area (Å²) in [4.78, 5) is 13.3. The summed E-state index contributed by atoms with van der Waals surface area (Å²) < 4.78 is 10.4. The summed E-state index contributed by atoms with van der Waals surface area (Å²) in [5, 5.41) is 9.08. The number of furan rings is 2. The number of nitrogens with zero attached hydrogens (tertiary/aromatic N) is 1. The Morgan fingerprint density at radius 1 is 1.32 bits per heavy atom. The highest BCUT2D eigenvalue weighted by molar-refractivity contribution is 5.88. The molecular weight excluding hydrogens is 246 g/mol. The second-order valence-electron chi connectivity index (χ2n) is 4.83. The summed E-state index contributed by atoms with van der Waals surface area (Å²) in [6, 6.07) is 3.94. The Kier molecular flexibility index (Phi) is 3.13. The predicted molar refractivity (Wildman–Crippen MR) is 66.6 cm³/mol. The van der Waals surface area contributed by atoms with E-state index in [9.17, 15) is 4.79 Å². The molecule has 19 heavy (non-hydrogen) atoms. The summed E-state index contributed by atoms with van der Waals surface area (Å²) in [6.07, 6.45) is 7.11. The fourth-order valence-corrected chi connectivity index (χ4v) is 2.21. The third kappa shape index (κ3) is 2.71. The smallest absolute Gasteiger partial charge is 0.339 e. The maximum absolute atomic E-state index is 11.1. The molecule has 2 aromatic heterocycles. The third-order valence-corrected chi connectivity index (χ3v) is 3.35. The number of hydrogen-bond acceptors (Lipinski definition) is 4. The molecule has 1 saturated carbocycles. The van der Waals surface area contributed by atoms with Gasteiger partial charge in [0.1, 0.15) is 11.3 Å². The van der Waals surface area contributed by atoms with Crippen LogP contribution in [-0.4, -0.2) is 22.0 Å². The first-order valence-corrected chi connectivity index (χ1v) is 6.29. The summed E-state index contributed by atoms with van der Waals surface area (Å²) >= 11 is 0. The summed E-state index contributed by atoms with van der Waals surface area (Å²) in [7, 11) is 0. The van der Waals surface area contributed by atoms with Crippen LogP contribution in [0.4, 0.5) is 0 Å². The molecule has 0 aliphatic heterocycles. The monoisotopic (exact) mass is 261 g/mol. The summed E-state index contributed by atoms with van der Waals surface area (Å²) in [6.45, 7) is 1.27. The van der Waals surface area contributed by atoms with Gasteiger partial charge in [-0.25, -0.2) is 4.79 Å². The second kappa shape index (κ2) is 4.93. The molecule has 3 rings (SSSR count). The lowest BCUT2D eigenvalue weighted by Gasteiger charge is -2.20. The molecule has 0 aromatic carbocycles. The molecule has 1 fully saturated rings. The SMILES string of the molecule is O=C(O)c1ccoc1CN(Cc1ccoc1)C1CC1. The maximum Gasteiger partial charge on any atom is 0.339 e. The maximum atomic E-state index is 11.1. The van der Waals surface area contributed by atoms with Crippen molar-refractivity contribution in [1.29, 1.82) is 0 Å². The van der Waals surface area contributed by atoms with Gasteiger partial charge in [0.05, 0.1) is 25.3 Å². The lowest BCUT2D eigenvalue weighted by atomic mass is 10.2. The van der Waals surface area contributed by atoms with Gasteiger partial charge in [0.25, 0.3) is 0 Å². The van der Waals surface area contributed by atoms with Crippen LogP contribution in [0.3, 0.4) is 0 Å². The summed E-state index contributed by atoms with van der Waals surface area (Å²) in [5.41, 5.74) is 1.34. The molecular formula is C14H15NO4. The molecule has 1 aliphatic rings. The first-order chi connectivity index (χ1) is 9.24. The van der Waals surface area contributed by atoms with Gasteiger partial charge in [-0.2, -0.15) is 0 Å². The van der Waals surface area contributed by atoms with Crippen LogP contribution in [0.1, 0.15) is 34.5 Å². The molecule has 5 heteroatoms. The lowest BCUT2D eigenvalue weighted by Crippen LogP contribution is -2.25. The van der Waals surface area contributed by atoms with Crippen molar-refractivity contribution in [3.05, 3.63) is 47.8 Å². The quantitative estimate of drug-likeness (QED) is 0.866. The molecule has 0 spiro atoms. The highest BCUT2D eigenvalue weighted by Crippen LogP contribution is 2.30. The lowest BCUT2D eigenvalue weighted by molar-refractivity contribution is 0.0692. The zero-order valence-corrected chi connectivity index (χ0v) is 10.4. The van der Waals surface area contributed by atoms with Crippen molar-refractivity contribution in [2.45, 2.75) is 32.0 Å². The Bertz CT molecular complexity index is 554. The molecule has 100 valence electrons. The van der Waals surface area contributed by atoms with Crippen LogP contribution in [-0.2, 0) is 13.1 Å². The number of carboxylic acid groups (broad SMARTS) is 1. The van der Waals surface area contributed by atoms with E-state index in [1.54, 1.807) is 12.5 Å². The van der Waals surface area contributed by atoms with Crippen molar-refractivity contribution in [3.63, 3.8) is 0 Å². The van der Waals surface area contributed by atoms with E-state index in [4.69, 9.17) is 13.9 Å². The average molecular weight is 261 g/mol. The van der Waals surface area contributed by atoms with E-state index in [0.717, 1.165) is 24.9 Å². The van der Waals surface area contributed by atoms with Crippen molar-refractivity contribution >= 4 is 5.97 Å². The minimum atomic E-state index is -0.942. The van der Waals surface area contributed by atoms with Gasteiger partial charge in [-0.15, -0.1) is 0 Å². The van der Waals surface area contributed by atoms with E-state index in [0.29, 0.717) is 18.3 Å². The van der Waals surface area contributed by atoms with Crippen LogP contribution >= 0.6 is 0 Å². The van der Waals surface area contributed by atoms with E-state index in [2.05, 4.69) is 4.90 Å². The molecule has 0 amide bonds. The van der Waals surface area contributed by atoms with E-state index in [1.165, 1.54) is 12.3 Å². The van der Waals surface area contributed by atoms with Crippen LogP contribution in [0.5, 0.6) is 0 Å². The Morgan fingerprint density at radius 2 is 2.16 bits per heavy atom. The molecule has 5 nitrogen and oxygen atoms in total. The van der Waals surface area contributed by atoms with E-state index in [1.807, 2.05) is 6.07 Å². The van der Waals surface area contributed by atoms with E-state index in [-0.39, 0.29) is 5.56 Å². The van der Waals surface area contributed by atoms with Crippen LogP contribution in [0.15, 0.2) is 39.8 Å². The number of carbonyl (C=O) groups is 1. The molecule has 0 saturated heterocycles. The molecule has 2 aromatic rings. The number of rotatable bonds is 6. The van der Waals surface area contributed by atoms with Crippen molar-refractivity contribution in [1.82, 2.24) is 4.90 Å². The zero-order valence-electron chi connectivity index (χ0n) is 10.4. The van der Waals surface area contributed by atoms with Gasteiger partial charge >= 0.3 is 5.97 Å². The Labute approximate surface area is 110 Å². The highest BCUT2D eigenvalue weighted by atomic mass is 16.4. The number of aromatic carboxylic acids is 1. The predicted octanol–water partition coefficient (Wildman–Crippen LogP) is 2.74. The van der Waals surface area contributed by atoms with E-state index < -0.39 is 5.97 Å². The Hall–Kier alpha value is -2.01. The molecule has 0 atom stereocenters. The fourth-order valence-electron chi connectivity index (χ4n) is 2.21. The topological polar surface area (TPSA) is 66.8 Å². The van der Waals surface area contributed by atoms with Crippen LogP contribution < -0.4 is 0 Å². The zero-order chi connectivity index (χ0) is 13.2. The van der Waals surface area contributed by atoms with Gasteiger partial charge in [-0.1, -0.05) is 0 Å². The van der Waals surface area contributed by atoms with Gasteiger partial charge in [-0.3, -0.25) is 4.90 Å². The van der Waals surface area contributed by atoms with Crippen molar-refractivity contribution in [3.8, 4) is 0 Å². The molecule has 2 heterocycles. The highest BCUT2D eigenvalue weighted by Gasteiger charge is 2.30. The molecule has 0 unspecified atom stereocenters. The van der Waals surface area contributed by atoms with Crippen LogP contribution in [0.25, 0.3) is 0 Å². The van der Waals surface area contributed by atoms with Gasteiger partial charge in [0.15, 0.2) is 0 Å². The van der Waals surface area contributed by atoms with E-state index >= 15 is 0 Å². The van der Waals surface area contributed by atoms with Gasteiger partial charge in [-0.05, 0) is 25.0 Å². The fraction of sp³-hybridized carbons (Fsp3) is 0.357. The number of hydrogen-bond donors (Lipinski definition) is 1. The van der Waals surface area contributed by atoms with Gasteiger partial charge in [0, 0.05) is 18.2 Å². The molecule has 1 aliphatic carbocycles. The normalized spacial score (nSPS) is 15.0. The van der Waals surface area contributed by atoms with Crippen molar-refractivity contribution in [2.24, 2.45) is 0 Å². The Morgan fingerprint density at radius 3 is 2.79 bits per heavy atom. The van der Waals surface area contributed by atoms with Gasteiger partial charge < -0.3 is 13.9 Å². The summed E-state index contributed by atoms with van der Waals surface area (Å²) in [5.74, 6) is -0.425.